The smallest absolute Gasteiger partial charge is 0.268 e. The Bertz CT molecular complexity index is 471. The average molecular weight is 262 g/mol. The number of unbranched alkanes of at least 4 members (excludes halogenated alkanes) is 1. The predicted molar refractivity (Wildman–Crippen MR) is 77.4 cm³/mol. The second-order valence-corrected chi connectivity index (χ2v) is 5.35. The highest BCUT2D eigenvalue weighted by atomic mass is 16.5. The second kappa shape index (κ2) is 5.51. The lowest BCUT2D eigenvalue weighted by atomic mass is 10.0. The summed E-state index contributed by atoms with van der Waals surface area (Å²) in [5.41, 5.74) is 7.30. The van der Waals surface area contributed by atoms with Crippen LogP contribution >= 0.6 is 0 Å². The highest BCUT2D eigenvalue weighted by Crippen LogP contribution is 2.37. The number of carbonyl (C=O) groups excluding carboxylic acids is 1. The quantitative estimate of drug-likeness (QED) is 0.849. The normalized spacial score (nSPS) is 18.4. The molecule has 1 amide bonds. The van der Waals surface area contributed by atoms with Gasteiger partial charge in [0.2, 0.25) is 0 Å². The van der Waals surface area contributed by atoms with Crippen LogP contribution in [0.2, 0.25) is 0 Å². The molecule has 0 spiro atoms. The lowest BCUT2D eigenvalue weighted by Gasteiger charge is -2.36. The van der Waals surface area contributed by atoms with E-state index in [1.54, 1.807) is 6.07 Å². The first-order chi connectivity index (χ1) is 9.04. The van der Waals surface area contributed by atoms with Crippen molar-refractivity contribution >= 4 is 17.3 Å². The summed E-state index contributed by atoms with van der Waals surface area (Å²) in [6.07, 6.45) is 1.63. The van der Waals surface area contributed by atoms with E-state index in [-0.39, 0.29) is 11.8 Å². The maximum absolute atomic E-state index is 12.5. The molecule has 0 fully saturated rings. The van der Waals surface area contributed by atoms with E-state index in [1.807, 2.05) is 30.9 Å². The minimum Gasteiger partial charge on any atom is -0.478 e. The van der Waals surface area contributed by atoms with Gasteiger partial charge in [-0.05, 0) is 24.5 Å². The number of amides is 1. The third kappa shape index (κ3) is 2.67. The van der Waals surface area contributed by atoms with Gasteiger partial charge < -0.3 is 15.4 Å². The molecule has 19 heavy (non-hydrogen) atoms. The van der Waals surface area contributed by atoms with Crippen LogP contribution in [0.5, 0.6) is 5.75 Å². The molecule has 1 atom stereocenters. The van der Waals surface area contributed by atoms with Crippen molar-refractivity contribution in [1.29, 1.82) is 0 Å². The van der Waals surface area contributed by atoms with Gasteiger partial charge in [-0.1, -0.05) is 27.2 Å². The molecule has 4 heteroatoms. The van der Waals surface area contributed by atoms with E-state index in [9.17, 15) is 4.79 Å². The average Bonchev–Trinajstić information content (AvgIpc) is 2.37. The Hall–Kier alpha value is -1.71. The number of nitrogen functional groups attached to an aromatic ring is 1. The van der Waals surface area contributed by atoms with E-state index >= 15 is 0 Å². The molecule has 104 valence electrons. The first-order valence-electron chi connectivity index (χ1n) is 6.92. The molecule has 1 unspecified atom stereocenters. The van der Waals surface area contributed by atoms with Crippen molar-refractivity contribution in [3.63, 3.8) is 0 Å². The molecule has 0 bridgehead atoms. The van der Waals surface area contributed by atoms with Crippen molar-refractivity contribution in [3.05, 3.63) is 18.2 Å². The number of hydrogen-bond donors (Lipinski definition) is 1. The number of carbonyl (C=O) groups is 1. The van der Waals surface area contributed by atoms with Crippen LogP contribution in [0.15, 0.2) is 18.2 Å². The van der Waals surface area contributed by atoms with E-state index in [4.69, 9.17) is 10.5 Å². The molecule has 0 saturated carbocycles. The molecule has 1 heterocycles. The summed E-state index contributed by atoms with van der Waals surface area (Å²) < 4.78 is 5.83. The first-order valence-corrected chi connectivity index (χ1v) is 6.92. The lowest BCUT2D eigenvalue weighted by molar-refractivity contribution is -0.128. The van der Waals surface area contributed by atoms with Gasteiger partial charge in [0, 0.05) is 18.3 Å². The number of nitrogens with two attached hydrogens (primary N) is 1. The minimum absolute atomic E-state index is 0.0562. The first kappa shape index (κ1) is 13.7. The van der Waals surface area contributed by atoms with Crippen molar-refractivity contribution < 1.29 is 9.53 Å². The van der Waals surface area contributed by atoms with Gasteiger partial charge in [-0.15, -0.1) is 0 Å². The molecule has 1 aliphatic rings. The maximum Gasteiger partial charge on any atom is 0.268 e. The predicted octanol–water partition coefficient (Wildman–Crippen LogP) is 2.82. The Morgan fingerprint density at radius 1 is 1.42 bits per heavy atom. The van der Waals surface area contributed by atoms with Crippen LogP contribution in [0.25, 0.3) is 0 Å². The molecule has 0 aromatic heterocycles. The van der Waals surface area contributed by atoms with Crippen molar-refractivity contribution in [2.75, 3.05) is 17.2 Å². The van der Waals surface area contributed by atoms with Crippen LogP contribution in [0, 0.1) is 5.92 Å². The fraction of sp³-hybridized carbons (Fsp3) is 0.533. The topological polar surface area (TPSA) is 55.6 Å². The summed E-state index contributed by atoms with van der Waals surface area (Å²) >= 11 is 0. The summed E-state index contributed by atoms with van der Waals surface area (Å²) in [5.74, 6) is 0.918. The molecule has 1 aliphatic heterocycles. The summed E-state index contributed by atoms with van der Waals surface area (Å²) in [7, 11) is 0. The van der Waals surface area contributed by atoms with Gasteiger partial charge in [0.05, 0.1) is 5.69 Å². The number of hydrogen-bond acceptors (Lipinski definition) is 3. The monoisotopic (exact) mass is 262 g/mol. The zero-order valence-electron chi connectivity index (χ0n) is 11.8. The Balaban J connectivity index is 2.37. The molecule has 0 saturated heterocycles. The van der Waals surface area contributed by atoms with Crippen molar-refractivity contribution in [3.8, 4) is 5.75 Å². The molecule has 0 aliphatic carbocycles. The lowest BCUT2D eigenvalue weighted by Crippen LogP contribution is -2.48. The molecule has 4 nitrogen and oxygen atoms in total. The standard InChI is InChI=1S/C15H22N2O2/c1-4-5-8-17-12-7-6-11(16)9-13(12)19-14(10(2)3)15(17)18/h6-7,9-10,14H,4-5,8,16H2,1-3H3. The van der Waals surface area contributed by atoms with Crippen molar-refractivity contribution in [2.24, 2.45) is 5.92 Å². The Morgan fingerprint density at radius 3 is 2.79 bits per heavy atom. The van der Waals surface area contributed by atoms with E-state index in [1.165, 1.54) is 0 Å². The SMILES string of the molecule is CCCCN1C(=O)C(C(C)C)Oc2cc(N)ccc21. The zero-order chi connectivity index (χ0) is 14.0. The van der Waals surface area contributed by atoms with Crippen LogP contribution in [-0.4, -0.2) is 18.6 Å². The third-order valence-electron chi connectivity index (χ3n) is 3.38. The van der Waals surface area contributed by atoms with E-state index < -0.39 is 6.10 Å². The van der Waals surface area contributed by atoms with Gasteiger partial charge in [0.15, 0.2) is 6.10 Å². The second-order valence-electron chi connectivity index (χ2n) is 5.35. The van der Waals surface area contributed by atoms with Gasteiger partial charge in [-0.3, -0.25) is 4.79 Å². The molecule has 1 aromatic carbocycles. The summed E-state index contributed by atoms with van der Waals surface area (Å²) in [5, 5.41) is 0. The fourth-order valence-electron chi connectivity index (χ4n) is 2.28. The molecule has 2 N–H and O–H groups in total. The van der Waals surface area contributed by atoms with Gasteiger partial charge in [-0.25, -0.2) is 0 Å². The summed E-state index contributed by atoms with van der Waals surface area (Å²) in [6, 6.07) is 5.48. The van der Waals surface area contributed by atoms with Crippen LogP contribution in [-0.2, 0) is 4.79 Å². The molecule has 2 rings (SSSR count). The number of anilines is 2. The number of rotatable bonds is 4. The van der Waals surface area contributed by atoms with Crippen molar-refractivity contribution in [2.45, 2.75) is 39.7 Å². The number of ether oxygens (including phenoxy) is 1. The van der Waals surface area contributed by atoms with Crippen LogP contribution in [0.1, 0.15) is 33.6 Å². The number of nitrogens with zero attached hydrogens (tertiary/aromatic N) is 1. The maximum atomic E-state index is 12.5. The van der Waals surface area contributed by atoms with E-state index in [0.29, 0.717) is 5.69 Å². The minimum atomic E-state index is -0.411. The molecule has 1 aromatic rings. The Labute approximate surface area is 114 Å². The van der Waals surface area contributed by atoms with Gasteiger partial charge >= 0.3 is 0 Å². The van der Waals surface area contributed by atoms with Crippen molar-refractivity contribution in [1.82, 2.24) is 0 Å². The Morgan fingerprint density at radius 2 is 2.16 bits per heavy atom. The van der Waals surface area contributed by atoms with E-state index in [2.05, 4.69) is 6.92 Å². The highest BCUT2D eigenvalue weighted by molar-refractivity contribution is 6.00. The molecular weight excluding hydrogens is 240 g/mol. The zero-order valence-corrected chi connectivity index (χ0v) is 11.8. The highest BCUT2D eigenvalue weighted by Gasteiger charge is 2.35. The largest absolute Gasteiger partial charge is 0.478 e. The number of benzene rings is 1. The summed E-state index contributed by atoms with van der Waals surface area (Å²) in [6.45, 7) is 6.85. The fourth-order valence-corrected chi connectivity index (χ4v) is 2.28. The van der Waals surface area contributed by atoms with Gasteiger partial charge in [-0.2, -0.15) is 0 Å². The Kier molecular flexibility index (Phi) is 3.98. The van der Waals surface area contributed by atoms with Crippen LogP contribution in [0.3, 0.4) is 0 Å². The third-order valence-corrected chi connectivity index (χ3v) is 3.38. The van der Waals surface area contributed by atoms with Crippen LogP contribution in [0.4, 0.5) is 11.4 Å². The van der Waals surface area contributed by atoms with E-state index in [0.717, 1.165) is 30.8 Å². The van der Waals surface area contributed by atoms with Gasteiger partial charge in [0.25, 0.3) is 5.91 Å². The molecular formula is C15H22N2O2. The number of fused-ring (bicyclic) bond motifs is 1. The summed E-state index contributed by atoms with van der Waals surface area (Å²) in [4.78, 5) is 14.3. The van der Waals surface area contributed by atoms with Gasteiger partial charge in [0.1, 0.15) is 5.75 Å². The molecule has 0 radical (unpaired) electrons. The van der Waals surface area contributed by atoms with Crippen LogP contribution < -0.4 is 15.4 Å².